The molecule has 0 saturated carbocycles. The van der Waals surface area contributed by atoms with Gasteiger partial charge in [0, 0.05) is 11.1 Å². The van der Waals surface area contributed by atoms with E-state index >= 15 is 0 Å². The fourth-order valence-electron chi connectivity index (χ4n) is 2.50. The molecule has 10 nitrogen and oxygen atoms in total. The molecule has 0 aliphatic carbocycles. The average Bonchev–Trinajstić information content (AvgIpc) is 2.68. The Hall–Kier alpha value is -3.79. The van der Waals surface area contributed by atoms with Crippen molar-refractivity contribution in [3.63, 3.8) is 0 Å². The SMILES string of the molecule is O=C(COC(=O)Cn1cnc2ccccc2c1=O)Nc1cc(Cl)ccc1[N+](=O)[O-]. The summed E-state index contributed by atoms with van der Waals surface area (Å²) < 4.78 is 5.90. The van der Waals surface area contributed by atoms with Crippen molar-refractivity contribution in [2.75, 3.05) is 11.9 Å². The van der Waals surface area contributed by atoms with Crippen LogP contribution in [0.4, 0.5) is 11.4 Å². The number of carbonyl (C=O) groups excluding carboxylic acids is 2. The molecule has 0 spiro atoms. The second-order valence-electron chi connectivity index (χ2n) is 5.82. The Bertz CT molecular complexity index is 1180. The first-order valence-corrected chi connectivity index (χ1v) is 8.56. The standard InChI is InChI=1S/C18H13ClN4O6/c19-11-5-6-15(23(27)28)14(7-11)21-16(24)9-29-17(25)8-22-10-20-13-4-2-1-3-12(13)18(22)26/h1-7,10H,8-9H2,(H,21,24). The normalized spacial score (nSPS) is 10.5. The molecule has 1 aromatic heterocycles. The number of benzene rings is 2. The predicted octanol–water partition coefficient (Wildman–Crippen LogP) is 2.14. The number of hydrogen-bond acceptors (Lipinski definition) is 7. The van der Waals surface area contributed by atoms with E-state index in [1.165, 1.54) is 18.5 Å². The van der Waals surface area contributed by atoms with E-state index in [1.807, 2.05) is 0 Å². The van der Waals surface area contributed by atoms with E-state index < -0.39 is 35.5 Å². The number of nitrogens with zero attached hydrogens (tertiary/aromatic N) is 3. The molecular formula is C18H13ClN4O6. The minimum atomic E-state index is -0.847. The van der Waals surface area contributed by atoms with Crippen LogP contribution >= 0.6 is 11.6 Å². The number of amides is 1. The minimum absolute atomic E-state index is 0.126. The largest absolute Gasteiger partial charge is 0.454 e. The lowest BCUT2D eigenvalue weighted by Gasteiger charge is -2.09. The van der Waals surface area contributed by atoms with Crippen LogP contribution < -0.4 is 10.9 Å². The molecule has 1 heterocycles. The average molecular weight is 417 g/mol. The number of para-hydroxylation sites is 1. The van der Waals surface area contributed by atoms with Crippen LogP contribution in [-0.2, 0) is 20.9 Å². The van der Waals surface area contributed by atoms with Gasteiger partial charge in [0.25, 0.3) is 17.2 Å². The summed E-state index contributed by atoms with van der Waals surface area (Å²) >= 11 is 5.78. The molecule has 148 valence electrons. The number of aromatic nitrogens is 2. The van der Waals surface area contributed by atoms with Crippen molar-refractivity contribution in [1.29, 1.82) is 0 Å². The number of halogens is 1. The molecule has 0 radical (unpaired) electrons. The summed E-state index contributed by atoms with van der Waals surface area (Å²) in [5.74, 6) is -1.65. The Morgan fingerprint density at radius 2 is 2.00 bits per heavy atom. The van der Waals surface area contributed by atoms with Crippen LogP contribution in [0.2, 0.25) is 5.02 Å². The van der Waals surface area contributed by atoms with E-state index in [9.17, 15) is 24.5 Å². The highest BCUT2D eigenvalue weighted by Crippen LogP contribution is 2.27. The molecule has 0 aliphatic heterocycles. The van der Waals surface area contributed by atoms with Gasteiger partial charge in [-0.2, -0.15) is 0 Å². The highest BCUT2D eigenvalue weighted by molar-refractivity contribution is 6.31. The number of esters is 1. The topological polar surface area (TPSA) is 133 Å². The molecule has 0 unspecified atom stereocenters. The lowest BCUT2D eigenvalue weighted by Crippen LogP contribution is -2.28. The Labute approximate surface area is 167 Å². The van der Waals surface area contributed by atoms with Gasteiger partial charge in [-0.25, -0.2) is 4.98 Å². The summed E-state index contributed by atoms with van der Waals surface area (Å²) in [6, 6.07) is 10.3. The highest BCUT2D eigenvalue weighted by Gasteiger charge is 2.17. The van der Waals surface area contributed by atoms with Gasteiger partial charge in [-0.15, -0.1) is 0 Å². The number of nitro groups is 1. The van der Waals surface area contributed by atoms with Crippen LogP contribution in [-0.4, -0.2) is 33.0 Å². The summed E-state index contributed by atoms with van der Waals surface area (Å²) in [6.45, 7) is -1.14. The van der Waals surface area contributed by atoms with Crippen LogP contribution in [0.1, 0.15) is 0 Å². The third-order valence-electron chi connectivity index (χ3n) is 3.82. The molecule has 11 heteroatoms. The quantitative estimate of drug-likeness (QED) is 0.369. The second-order valence-corrected chi connectivity index (χ2v) is 6.26. The Morgan fingerprint density at radius 1 is 1.24 bits per heavy atom. The first-order chi connectivity index (χ1) is 13.8. The van der Waals surface area contributed by atoms with Crippen LogP contribution in [0.15, 0.2) is 53.6 Å². The fraction of sp³-hybridized carbons (Fsp3) is 0.111. The number of nitro benzene ring substituents is 1. The zero-order valence-electron chi connectivity index (χ0n) is 14.7. The zero-order valence-corrected chi connectivity index (χ0v) is 15.5. The first kappa shape index (κ1) is 20.0. The molecule has 3 aromatic rings. The number of anilines is 1. The van der Waals surface area contributed by atoms with E-state index in [0.29, 0.717) is 10.9 Å². The Morgan fingerprint density at radius 3 is 2.76 bits per heavy atom. The van der Waals surface area contributed by atoms with Gasteiger partial charge in [-0.05, 0) is 24.3 Å². The minimum Gasteiger partial charge on any atom is -0.454 e. The number of hydrogen-bond donors (Lipinski definition) is 1. The molecule has 3 rings (SSSR count). The van der Waals surface area contributed by atoms with Gasteiger partial charge in [0.05, 0.1) is 22.2 Å². The van der Waals surface area contributed by atoms with Gasteiger partial charge >= 0.3 is 5.97 Å². The van der Waals surface area contributed by atoms with E-state index in [1.54, 1.807) is 24.3 Å². The van der Waals surface area contributed by atoms with E-state index in [0.717, 1.165) is 10.6 Å². The zero-order chi connectivity index (χ0) is 21.0. The van der Waals surface area contributed by atoms with Gasteiger partial charge in [-0.1, -0.05) is 23.7 Å². The Kier molecular flexibility index (Phi) is 5.84. The van der Waals surface area contributed by atoms with Gasteiger partial charge < -0.3 is 10.1 Å². The van der Waals surface area contributed by atoms with E-state index in [4.69, 9.17) is 16.3 Å². The van der Waals surface area contributed by atoms with Crippen LogP contribution in [0.5, 0.6) is 0 Å². The molecule has 2 aromatic carbocycles. The third-order valence-corrected chi connectivity index (χ3v) is 4.06. The maximum absolute atomic E-state index is 12.3. The fourth-order valence-corrected chi connectivity index (χ4v) is 2.68. The lowest BCUT2D eigenvalue weighted by atomic mass is 10.2. The summed E-state index contributed by atoms with van der Waals surface area (Å²) in [6.07, 6.45) is 1.21. The Balaban J connectivity index is 1.62. The predicted molar refractivity (Wildman–Crippen MR) is 104 cm³/mol. The molecule has 29 heavy (non-hydrogen) atoms. The molecule has 0 aliphatic rings. The molecule has 0 saturated heterocycles. The molecule has 1 N–H and O–H groups in total. The highest BCUT2D eigenvalue weighted by atomic mass is 35.5. The molecule has 0 fully saturated rings. The van der Waals surface area contributed by atoms with Crippen molar-refractivity contribution < 1.29 is 19.2 Å². The van der Waals surface area contributed by atoms with Crippen LogP contribution in [0.25, 0.3) is 10.9 Å². The molecular weight excluding hydrogens is 404 g/mol. The molecule has 0 bridgehead atoms. The van der Waals surface area contributed by atoms with E-state index in [-0.39, 0.29) is 16.4 Å². The number of ether oxygens (including phenoxy) is 1. The number of fused-ring (bicyclic) bond motifs is 1. The smallest absolute Gasteiger partial charge is 0.326 e. The maximum Gasteiger partial charge on any atom is 0.326 e. The summed E-state index contributed by atoms with van der Waals surface area (Å²) in [7, 11) is 0. The van der Waals surface area contributed by atoms with Crippen molar-refractivity contribution in [3.8, 4) is 0 Å². The van der Waals surface area contributed by atoms with Crippen molar-refractivity contribution in [1.82, 2.24) is 9.55 Å². The number of rotatable bonds is 6. The van der Waals surface area contributed by atoms with Crippen molar-refractivity contribution in [3.05, 3.63) is 74.3 Å². The van der Waals surface area contributed by atoms with Crippen LogP contribution in [0, 0.1) is 10.1 Å². The van der Waals surface area contributed by atoms with Gasteiger partial charge in [-0.3, -0.25) is 29.1 Å². The first-order valence-electron chi connectivity index (χ1n) is 8.19. The maximum atomic E-state index is 12.3. The third kappa shape index (κ3) is 4.74. The number of carbonyl (C=O) groups is 2. The lowest BCUT2D eigenvalue weighted by molar-refractivity contribution is -0.383. The summed E-state index contributed by atoms with van der Waals surface area (Å²) in [4.78, 5) is 50.7. The monoisotopic (exact) mass is 416 g/mol. The van der Waals surface area contributed by atoms with Gasteiger partial charge in [0.15, 0.2) is 6.61 Å². The second kappa shape index (κ2) is 8.48. The van der Waals surface area contributed by atoms with Crippen molar-refractivity contribution >= 4 is 45.8 Å². The molecule has 1 amide bonds. The summed E-state index contributed by atoms with van der Waals surface area (Å²) in [5.41, 5.74) is -0.419. The summed E-state index contributed by atoms with van der Waals surface area (Å²) in [5, 5.41) is 13.8. The van der Waals surface area contributed by atoms with Gasteiger partial charge in [0.1, 0.15) is 12.2 Å². The number of nitrogens with one attached hydrogen (secondary N) is 1. The van der Waals surface area contributed by atoms with Gasteiger partial charge in [0.2, 0.25) is 0 Å². The van der Waals surface area contributed by atoms with Crippen molar-refractivity contribution in [2.24, 2.45) is 0 Å². The molecule has 0 atom stereocenters. The van der Waals surface area contributed by atoms with Crippen LogP contribution in [0.3, 0.4) is 0 Å². The van der Waals surface area contributed by atoms with E-state index in [2.05, 4.69) is 10.3 Å². The van der Waals surface area contributed by atoms with Crippen molar-refractivity contribution in [2.45, 2.75) is 6.54 Å².